The van der Waals surface area contributed by atoms with Crippen LogP contribution < -0.4 is 5.32 Å². The van der Waals surface area contributed by atoms with Crippen LogP contribution in [-0.2, 0) is 0 Å². The van der Waals surface area contributed by atoms with Crippen molar-refractivity contribution in [1.29, 1.82) is 0 Å². The molecule has 2 N–H and O–H groups in total. The molecule has 0 aliphatic carbocycles. The van der Waals surface area contributed by atoms with Crippen LogP contribution in [0.15, 0.2) is 22.2 Å². The second-order valence-electron chi connectivity index (χ2n) is 3.86. The van der Waals surface area contributed by atoms with Crippen LogP contribution in [-0.4, -0.2) is 33.7 Å². The van der Waals surface area contributed by atoms with E-state index in [1.165, 1.54) is 11.3 Å². The minimum absolute atomic E-state index is 0.0521. The third kappa shape index (κ3) is 3.16. The molecular weight excluding hydrogens is 270 g/mol. The summed E-state index contributed by atoms with van der Waals surface area (Å²) >= 11 is 1.51. The molecule has 0 saturated heterocycles. The van der Waals surface area contributed by atoms with Crippen molar-refractivity contribution in [3.8, 4) is 0 Å². The quantitative estimate of drug-likeness (QED) is 0.857. The summed E-state index contributed by atoms with van der Waals surface area (Å²) in [5, 5.41) is 17.5. The summed E-state index contributed by atoms with van der Waals surface area (Å²) in [4.78, 5) is 26.4. The lowest BCUT2D eigenvalue weighted by Crippen LogP contribution is -2.27. The van der Waals surface area contributed by atoms with Crippen LogP contribution in [0.2, 0.25) is 0 Å². The van der Waals surface area contributed by atoms with E-state index in [9.17, 15) is 9.59 Å². The van der Waals surface area contributed by atoms with E-state index in [-0.39, 0.29) is 17.4 Å². The van der Waals surface area contributed by atoms with Gasteiger partial charge in [0, 0.05) is 30.1 Å². The van der Waals surface area contributed by atoms with Gasteiger partial charge in [-0.15, -0.1) is 11.3 Å². The highest BCUT2D eigenvalue weighted by molar-refractivity contribution is 7.09. The zero-order valence-electron chi connectivity index (χ0n) is 9.99. The number of aromatic nitrogens is 2. The van der Waals surface area contributed by atoms with Crippen LogP contribution >= 0.6 is 11.3 Å². The molecule has 2 rings (SSSR count). The van der Waals surface area contributed by atoms with Gasteiger partial charge in [-0.3, -0.25) is 4.79 Å². The lowest BCUT2D eigenvalue weighted by molar-refractivity contribution is 0.0651. The molecule has 0 spiro atoms. The molecule has 8 heteroatoms. The van der Waals surface area contributed by atoms with Crippen molar-refractivity contribution >= 4 is 23.2 Å². The number of carbonyl (C=O) groups is 2. The van der Waals surface area contributed by atoms with E-state index in [1.807, 2.05) is 12.3 Å². The van der Waals surface area contributed by atoms with Crippen LogP contribution in [0.5, 0.6) is 0 Å². The number of hydrogen-bond acceptors (Lipinski definition) is 6. The number of carbonyl (C=O) groups excluding carboxylic acids is 1. The lowest BCUT2D eigenvalue weighted by Gasteiger charge is -2.08. The van der Waals surface area contributed by atoms with Gasteiger partial charge in [-0.2, -0.15) is 0 Å². The van der Waals surface area contributed by atoms with Crippen molar-refractivity contribution in [3.05, 3.63) is 34.1 Å². The van der Waals surface area contributed by atoms with Crippen molar-refractivity contribution in [2.45, 2.75) is 12.8 Å². The Hall–Kier alpha value is -2.22. The molecule has 2 aromatic heterocycles. The molecular formula is C11H11N3O4S. The number of hydrogen-bond donors (Lipinski definition) is 2. The first-order valence-corrected chi connectivity index (χ1v) is 6.33. The molecule has 1 amide bonds. The number of carboxylic acid groups (broad SMARTS) is 1. The van der Waals surface area contributed by atoms with Gasteiger partial charge in [0.2, 0.25) is 5.76 Å². The zero-order valence-corrected chi connectivity index (χ0v) is 10.8. The van der Waals surface area contributed by atoms with E-state index in [2.05, 4.69) is 20.0 Å². The summed E-state index contributed by atoms with van der Waals surface area (Å²) in [5.41, 5.74) is -0.0521. The summed E-state index contributed by atoms with van der Waals surface area (Å²) < 4.78 is 4.51. The Kier molecular flexibility index (Phi) is 3.91. The zero-order chi connectivity index (χ0) is 13.8. The van der Waals surface area contributed by atoms with Crippen LogP contribution in [0.1, 0.15) is 38.9 Å². The summed E-state index contributed by atoms with van der Waals surface area (Å²) in [5.74, 6) is -2.02. The third-order valence-electron chi connectivity index (χ3n) is 2.40. The molecule has 0 aromatic carbocycles. The van der Waals surface area contributed by atoms with Crippen molar-refractivity contribution < 1.29 is 19.2 Å². The maximum atomic E-state index is 11.7. The second kappa shape index (κ2) is 5.61. The van der Waals surface area contributed by atoms with Gasteiger partial charge in [-0.1, -0.05) is 12.1 Å². The van der Waals surface area contributed by atoms with Gasteiger partial charge < -0.3 is 14.9 Å². The monoisotopic (exact) mass is 281 g/mol. The molecule has 19 heavy (non-hydrogen) atoms. The first-order valence-electron chi connectivity index (χ1n) is 5.45. The molecule has 100 valence electrons. The SMILES string of the molecule is CC(CNC(=O)c1cc(C(=O)O)on1)c1nccs1. The van der Waals surface area contributed by atoms with E-state index in [0.29, 0.717) is 6.54 Å². The van der Waals surface area contributed by atoms with Crippen molar-refractivity contribution in [2.75, 3.05) is 6.54 Å². The Morgan fingerprint density at radius 1 is 1.58 bits per heavy atom. The highest BCUT2D eigenvalue weighted by Crippen LogP contribution is 2.16. The standard InChI is InChI=1S/C11H11N3O4S/c1-6(10-12-2-3-19-10)5-13-9(15)7-4-8(11(16)17)18-14-7/h2-4,6H,5H2,1H3,(H,13,15)(H,16,17). The molecule has 0 saturated carbocycles. The Morgan fingerprint density at radius 3 is 2.95 bits per heavy atom. The van der Waals surface area contributed by atoms with E-state index in [4.69, 9.17) is 5.11 Å². The van der Waals surface area contributed by atoms with Gasteiger partial charge >= 0.3 is 5.97 Å². The smallest absolute Gasteiger partial charge is 0.374 e. The summed E-state index contributed by atoms with van der Waals surface area (Å²) in [6, 6.07) is 1.09. The van der Waals surface area contributed by atoms with E-state index < -0.39 is 11.9 Å². The maximum absolute atomic E-state index is 11.7. The number of thiazole rings is 1. The number of amides is 1. The second-order valence-corrected chi connectivity index (χ2v) is 4.79. The Balaban J connectivity index is 1.92. The van der Waals surface area contributed by atoms with E-state index in [0.717, 1.165) is 11.1 Å². The van der Waals surface area contributed by atoms with Gasteiger partial charge in [-0.25, -0.2) is 9.78 Å². The van der Waals surface area contributed by atoms with E-state index in [1.54, 1.807) is 6.20 Å². The summed E-state index contributed by atoms with van der Waals surface area (Å²) in [7, 11) is 0. The number of nitrogens with zero attached hydrogens (tertiary/aromatic N) is 2. The topological polar surface area (TPSA) is 105 Å². The molecule has 7 nitrogen and oxygen atoms in total. The maximum Gasteiger partial charge on any atom is 0.374 e. The fraction of sp³-hybridized carbons (Fsp3) is 0.273. The van der Waals surface area contributed by atoms with Crippen LogP contribution in [0.3, 0.4) is 0 Å². The number of aromatic carboxylic acids is 1. The van der Waals surface area contributed by atoms with Crippen LogP contribution in [0.25, 0.3) is 0 Å². The Labute approximate surface area is 112 Å². The highest BCUT2D eigenvalue weighted by Gasteiger charge is 2.17. The van der Waals surface area contributed by atoms with Crippen LogP contribution in [0, 0.1) is 0 Å². The van der Waals surface area contributed by atoms with Gasteiger partial charge in [0.15, 0.2) is 5.69 Å². The lowest BCUT2D eigenvalue weighted by atomic mass is 10.2. The molecule has 1 atom stereocenters. The molecule has 0 aliphatic heterocycles. The van der Waals surface area contributed by atoms with Gasteiger partial charge in [0.25, 0.3) is 5.91 Å². The largest absolute Gasteiger partial charge is 0.475 e. The van der Waals surface area contributed by atoms with Crippen molar-refractivity contribution in [2.24, 2.45) is 0 Å². The van der Waals surface area contributed by atoms with E-state index >= 15 is 0 Å². The molecule has 0 radical (unpaired) electrons. The molecule has 2 aromatic rings. The average Bonchev–Trinajstić information content (AvgIpc) is 3.05. The third-order valence-corrected chi connectivity index (χ3v) is 3.40. The first-order chi connectivity index (χ1) is 9.08. The average molecular weight is 281 g/mol. The number of rotatable bonds is 5. The molecule has 1 unspecified atom stereocenters. The predicted octanol–water partition coefficient (Wildman–Crippen LogP) is 1.36. The minimum atomic E-state index is -1.26. The van der Waals surface area contributed by atoms with Gasteiger partial charge in [-0.05, 0) is 0 Å². The van der Waals surface area contributed by atoms with Crippen molar-refractivity contribution in [1.82, 2.24) is 15.5 Å². The molecule has 0 bridgehead atoms. The predicted molar refractivity (Wildman–Crippen MR) is 66.3 cm³/mol. The first kappa shape index (κ1) is 13.2. The molecule has 2 heterocycles. The Morgan fingerprint density at radius 2 is 2.37 bits per heavy atom. The Bertz CT molecular complexity index is 579. The number of nitrogens with one attached hydrogen (secondary N) is 1. The molecule has 0 fully saturated rings. The van der Waals surface area contributed by atoms with Gasteiger partial charge in [0.05, 0.1) is 5.01 Å². The van der Waals surface area contributed by atoms with Crippen molar-refractivity contribution in [3.63, 3.8) is 0 Å². The summed E-state index contributed by atoms with van der Waals surface area (Å²) in [6.45, 7) is 2.33. The fourth-order valence-electron chi connectivity index (χ4n) is 1.38. The normalized spacial score (nSPS) is 12.1. The van der Waals surface area contributed by atoms with Gasteiger partial charge in [0.1, 0.15) is 0 Å². The highest BCUT2D eigenvalue weighted by atomic mass is 32.1. The van der Waals surface area contributed by atoms with Crippen LogP contribution in [0.4, 0.5) is 0 Å². The number of carboxylic acids is 1. The fourth-order valence-corrected chi connectivity index (χ4v) is 2.08. The minimum Gasteiger partial charge on any atom is -0.475 e. The molecule has 0 aliphatic rings. The summed E-state index contributed by atoms with van der Waals surface area (Å²) in [6.07, 6.45) is 1.70.